The van der Waals surface area contributed by atoms with Gasteiger partial charge in [0.25, 0.3) is 0 Å². The van der Waals surface area contributed by atoms with E-state index in [1.54, 1.807) is 32.2 Å². The van der Waals surface area contributed by atoms with Crippen molar-refractivity contribution in [3.63, 3.8) is 0 Å². The van der Waals surface area contributed by atoms with Crippen molar-refractivity contribution in [1.82, 2.24) is 14.9 Å². The molecular weight excluding hydrogens is 553 g/mol. The zero-order valence-corrected chi connectivity index (χ0v) is 26.6. The van der Waals surface area contributed by atoms with Crippen LogP contribution < -0.4 is 4.74 Å². The van der Waals surface area contributed by atoms with E-state index in [9.17, 15) is 4.79 Å². The maximum atomic E-state index is 12.6. The van der Waals surface area contributed by atoms with Gasteiger partial charge < -0.3 is 18.8 Å². The van der Waals surface area contributed by atoms with Crippen LogP contribution in [0.25, 0.3) is 11.4 Å². The van der Waals surface area contributed by atoms with Crippen LogP contribution in [0.2, 0.25) is 33.5 Å². The molecule has 0 bridgehead atoms. The van der Waals surface area contributed by atoms with E-state index in [1.807, 2.05) is 20.8 Å². The van der Waals surface area contributed by atoms with Crippen molar-refractivity contribution >= 4 is 49.2 Å². The van der Waals surface area contributed by atoms with Crippen LogP contribution in [-0.2, 0) is 9.16 Å². The Morgan fingerprint density at radius 2 is 1.62 bits per heavy atom. The fourth-order valence-electron chi connectivity index (χ4n) is 2.98. The Morgan fingerprint density at radius 1 is 1.05 bits per heavy atom. The van der Waals surface area contributed by atoms with Gasteiger partial charge in [0.15, 0.2) is 14.1 Å². The van der Waals surface area contributed by atoms with Crippen molar-refractivity contribution in [2.24, 2.45) is 0 Å². The highest BCUT2D eigenvalue weighted by atomic mass is 35.5. The summed E-state index contributed by atoms with van der Waals surface area (Å²) < 4.78 is 18.3. The Hall–Kier alpha value is -1.58. The number of carbonyl (C=O) groups is 1. The molecule has 1 aromatic carbocycles. The van der Waals surface area contributed by atoms with E-state index in [0.29, 0.717) is 34.3 Å². The minimum Gasteiger partial charge on any atom is -0.491 e. The summed E-state index contributed by atoms with van der Waals surface area (Å²) >= 11 is 18.9. The second-order valence-corrected chi connectivity index (χ2v) is 17.4. The number of aromatic nitrogens is 2. The quantitative estimate of drug-likeness (QED) is 0.229. The van der Waals surface area contributed by atoms with Crippen molar-refractivity contribution in [2.75, 3.05) is 20.2 Å². The lowest BCUT2D eigenvalue weighted by Gasteiger charge is -2.40. The SMILES string of the molecule is Cc1c(Cl)nc(-c2cc(OC[C@@H](CN(C)C(=O)OC(C)(C)C)O[Si](C)(C)C(C)(C)C)ccc2Cl)nc1Cl. The number of hydrogen-bond donors (Lipinski definition) is 0. The summed E-state index contributed by atoms with van der Waals surface area (Å²) in [6.07, 6.45) is -0.813. The number of likely N-dealkylation sites (N-methyl/N-ethyl adjacent to an activating group) is 1. The van der Waals surface area contributed by atoms with E-state index in [-0.39, 0.29) is 22.0 Å². The average Bonchev–Trinajstić information content (AvgIpc) is 2.74. The Kier molecular flexibility index (Phi) is 10.3. The summed E-state index contributed by atoms with van der Waals surface area (Å²) in [5, 5.41) is 0.919. The summed E-state index contributed by atoms with van der Waals surface area (Å²) in [5.41, 5.74) is 0.535. The second kappa shape index (κ2) is 12.1. The van der Waals surface area contributed by atoms with Crippen LogP contribution in [0.3, 0.4) is 0 Å². The summed E-state index contributed by atoms with van der Waals surface area (Å²) in [5.74, 6) is 0.842. The van der Waals surface area contributed by atoms with Gasteiger partial charge in [0.1, 0.15) is 28.3 Å². The number of benzene rings is 1. The van der Waals surface area contributed by atoms with Gasteiger partial charge in [0, 0.05) is 18.2 Å². The van der Waals surface area contributed by atoms with Gasteiger partial charge in [-0.3, -0.25) is 0 Å². The summed E-state index contributed by atoms with van der Waals surface area (Å²) in [4.78, 5) is 22.8. The van der Waals surface area contributed by atoms with Gasteiger partial charge in [-0.25, -0.2) is 14.8 Å². The van der Waals surface area contributed by atoms with Crippen LogP contribution in [-0.4, -0.2) is 61.2 Å². The highest BCUT2D eigenvalue weighted by Gasteiger charge is 2.40. The molecule has 2 aromatic rings. The molecule has 0 saturated heterocycles. The van der Waals surface area contributed by atoms with Crippen molar-refractivity contribution in [2.45, 2.75) is 78.3 Å². The zero-order valence-electron chi connectivity index (χ0n) is 23.3. The van der Waals surface area contributed by atoms with E-state index < -0.39 is 26.1 Å². The van der Waals surface area contributed by atoms with Crippen molar-refractivity contribution in [3.05, 3.63) is 39.1 Å². The predicted molar refractivity (Wildman–Crippen MR) is 154 cm³/mol. The molecule has 37 heavy (non-hydrogen) atoms. The van der Waals surface area contributed by atoms with Crippen molar-refractivity contribution in [3.8, 4) is 17.1 Å². The van der Waals surface area contributed by atoms with Crippen LogP contribution in [0.1, 0.15) is 47.1 Å². The van der Waals surface area contributed by atoms with Crippen LogP contribution in [0.5, 0.6) is 5.75 Å². The van der Waals surface area contributed by atoms with E-state index in [2.05, 4.69) is 43.8 Å². The molecule has 206 valence electrons. The van der Waals surface area contributed by atoms with E-state index in [1.165, 1.54) is 4.90 Å². The smallest absolute Gasteiger partial charge is 0.410 e. The minimum absolute atomic E-state index is 0.0233. The minimum atomic E-state index is -2.17. The Morgan fingerprint density at radius 3 is 2.14 bits per heavy atom. The van der Waals surface area contributed by atoms with Gasteiger partial charge in [0.05, 0.1) is 17.7 Å². The highest BCUT2D eigenvalue weighted by molar-refractivity contribution is 6.74. The predicted octanol–water partition coefficient (Wildman–Crippen LogP) is 8.05. The largest absolute Gasteiger partial charge is 0.491 e. The van der Waals surface area contributed by atoms with Gasteiger partial charge in [-0.05, 0) is 64.0 Å². The monoisotopic (exact) mass is 589 g/mol. The number of carbonyl (C=O) groups excluding carboxylic acids is 1. The fourth-order valence-corrected chi connectivity index (χ4v) is 4.90. The van der Waals surface area contributed by atoms with Gasteiger partial charge in [-0.1, -0.05) is 55.6 Å². The summed E-state index contributed by atoms with van der Waals surface area (Å²) in [6, 6.07) is 5.19. The number of nitrogens with zero attached hydrogens (tertiary/aromatic N) is 3. The topological polar surface area (TPSA) is 73.8 Å². The van der Waals surface area contributed by atoms with Gasteiger partial charge >= 0.3 is 6.09 Å². The molecule has 1 aromatic heterocycles. The van der Waals surface area contributed by atoms with E-state index in [4.69, 9.17) is 48.7 Å². The third-order valence-corrected chi connectivity index (χ3v) is 11.7. The first-order valence-electron chi connectivity index (χ1n) is 12.0. The van der Waals surface area contributed by atoms with E-state index in [0.717, 1.165) is 0 Å². The number of amides is 1. The van der Waals surface area contributed by atoms with Crippen LogP contribution in [0, 0.1) is 6.92 Å². The molecule has 0 saturated carbocycles. The third-order valence-electron chi connectivity index (χ3n) is 6.09. The lowest BCUT2D eigenvalue weighted by Crippen LogP contribution is -2.49. The fraction of sp³-hybridized carbons (Fsp3) is 0.577. The molecule has 0 aliphatic carbocycles. The molecule has 0 N–H and O–H groups in total. The first kappa shape index (κ1) is 31.6. The lowest BCUT2D eigenvalue weighted by molar-refractivity contribution is 0.0172. The molecule has 11 heteroatoms. The van der Waals surface area contributed by atoms with Crippen molar-refractivity contribution < 1.29 is 18.7 Å². The first-order valence-corrected chi connectivity index (χ1v) is 16.1. The van der Waals surface area contributed by atoms with Crippen LogP contribution in [0.15, 0.2) is 18.2 Å². The highest BCUT2D eigenvalue weighted by Crippen LogP contribution is 2.38. The second-order valence-electron chi connectivity index (χ2n) is 11.6. The molecule has 1 heterocycles. The standard InChI is InChI=1S/C26H38Cl3N3O4Si/c1-16-21(28)30-23(31-22(16)29)19-13-17(11-12-20(19)27)34-15-18(36-37(9,10)26(5,6)7)14-32(8)24(33)35-25(2,3)4/h11-13,18H,14-15H2,1-10H3/t18-/m1/s1. The molecule has 0 unspecified atom stereocenters. The Balaban J connectivity index is 2.28. The third kappa shape index (κ3) is 8.99. The Labute approximate surface area is 236 Å². The average molecular weight is 591 g/mol. The first-order chi connectivity index (χ1) is 16.8. The number of hydrogen-bond acceptors (Lipinski definition) is 6. The van der Waals surface area contributed by atoms with Gasteiger partial charge in [0.2, 0.25) is 0 Å². The number of rotatable bonds is 8. The molecule has 7 nitrogen and oxygen atoms in total. The lowest BCUT2D eigenvalue weighted by atomic mass is 10.2. The van der Waals surface area contributed by atoms with Gasteiger partial charge in [-0.2, -0.15) is 0 Å². The summed E-state index contributed by atoms with van der Waals surface area (Å²) in [6.45, 7) is 18.6. The molecule has 0 fully saturated rings. The maximum absolute atomic E-state index is 12.6. The molecule has 1 atom stereocenters. The normalized spacial score (nSPS) is 13.3. The molecule has 0 aliphatic rings. The van der Waals surface area contributed by atoms with Gasteiger partial charge in [-0.15, -0.1) is 0 Å². The van der Waals surface area contributed by atoms with Crippen LogP contribution >= 0.6 is 34.8 Å². The Bertz CT molecular complexity index is 1090. The molecule has 0 radical (unpaired) electrons. The molecule has 2 rings (SSSR count). The maximum Gasteiger partial charge on any atom is 0.410 e. The molecule has 1 amide bonds. The number of halogens is 3. The zero-order chi connectivity index (χ0) is 28.3. The summed E-state index contributed by atoms with van der Waals surface area (Å²) in [7, 11) is -0.481. The molecular formula is C26H38Cl3N3O4Si. The van der Waals surface area contributed by atoms with Crippen LogP contribution in [0.4, 0.5) is 4.79 Å². The van der Waals surface area contributed by atoms with E-state index >= 15 is 0 Å². The molecule has 0 spiro atoms. The molecule has 0 aliphatic heterocycles. The number of ether oxygens (including phenoxy) is 2. The van der Waals surface area contributed by atoms with Crippen molar-refractivity contribution in [1.29, 1.82) is 0 Å².